The van der Waals surface area contributed by atoms with Crippen molar-refractivity contribution in [2.24, 2.45) is 23.7 Å². The van der Waals surface area contributed by atoms with Crippen LogP contribution in [0.5, 0.6) is 0 Å². The van der Waals surface area contributed by atoms with Crippen LogP contribution in [0, 0.1) is 23.7 Å². The summed E-state index contributed by atoms with van der Waals surface area (Å²) in [5.74, 6) is -2.27. The first-order valence-corrected chi connectivity index (χ1v) is 4.64. The minimum absolute atomic E-state index is 0.0154. The zero-order chi connectivity index (χ0) is 10.3. The molecule has 2 rings (SSSR count). The highest BCUT2D eigenvalue weighted by molar-refractivity contribution is 5.83. The molecule has 2 unspecified atom stereocenters. The molecule has 0 aliphatic heterocycles. The quantitative estimate of drug-likeness (QED) is 0.521. The number of hydrogen-bond donors (Lipinski definition) is 1. The third kappa shape index (κ3) is 1.14. The lowest BCUT2D eigenvalue weighted by atomic mass is 9.83. The molecule has 76 valence electrons. The number of hydrogen-bond acceptors (Lipinski definition) is 3. The second kappa shape index (κ2) is 3.12. The van der Waals surface area contributed by atoms with Gasteiger partial charge in [-0.1, -0.05) is 12.2 Å². The first kappa shape index (κ1) is 9.24. The predicted octanol–water partition coefficient (Wildman–Crippen LogP) is 0.682. The Morgan fingerprint density at radius 2 is 1.86 bits per heavy atom. The molecule has 0 aromatic heterocycles. The van der Waals surface area contributed by atoms with Crippen LogP contribution < -0.4 is 0 Å². The Morgan fingerprint density at radius 1 is 1.29 bits per heavy atom. The van der Waals surface area contributed by atoms with Crippen LogP contribution >= 0.6 is 0 Å². The van der Waals surface area contributed by atoms with E-state index >= 15 is 0 Å². The minimum atomic E-state index is -0.891. The SMILES string of the molecule is COC(=O)[C@H]1C2C=CC(C2)[C@H]1C(=O)O. The van der Waals surface area contributed by atoms with Crippen LogP contribution in [-0.2, 0) is 14.3 Å². The molecule has 4 heteroatoms. The van der Waals surface area contributed by atoms with Gasteiger partial charge in [0.25, 0.3) is 0 Å². The van der Waals surface area contributed by atoms with Crippen molar-refractivity contribution in [1.29, 1.82) is 0 Å². The topological polar surface area (TPSA) is 63.6 Å². The second-order valence-corrected chi connectivity index (χ2v) is 3.86. The van der Waals surface area contributed by atoms with E-state index in [1.165, 1.54) is 7.11 Å². The number of carboxylic acids is 1. The fourth-order valence-corrected chi connectivity index (χ4v) is 2.62. The average Bonchev–Trinajstić information content (AvgIpc) is 2.74. The van der Waals surface area contributed by atoms with Gasteiger partial charge in [-0.15, -0.1) is 0 Å². The van der Waals surface area contributed by atoms with Crippen LogP contribution in [0.1, 0.15) is 6.42 Å². The van der Waals surface area contributed by atoms with Gasteiger partial charge in [-0.3, -0.25) is 9.59 Å². The summed E-state index contributed by atoms with van der Waals surface area (Å²) in [6, 6.07) is 0. The van der Waals surface area contributed by atoms with Gasteiger partial charge in [0.05, 0.1) is 18.9 Å². The molecule has 0 heterocycles. The molecule has 4 nitrogen and oxygen atoms in total. The maximum Gasteiger partial charge on any atom is 0.310 e. The maximum absolute atomic E-state index is 11.4. The zero-order valence-electron chi connectivity index (χ0n) is 7.84. The molecule has 2 bridgehead atoms. The molecule has 1 saturated carbocycles. The van der Waals surface area contributed by atoms with E-state index in [-0.39, 0.29) is 11.8 Å². The van der Waals surface area contributed by atoms with Crippen molar-refractivity contribution in [3.63, 3.8) is 0 Å². The van der Waals surface area contributed by atoms with Gasteiger partial charge in [0, 0.05) is 0 Å². The molecule has 1 N–H and O–H groups in total. The van der Waals surface area contributed by atoms with E-state index in [2.05, 4.69) is 4.74 Å². The van der Waals surface area contributed by atoms with Crippen molar-refractivity contribution >= 4 is 11.9 Å². The summed E-state index contributed by atoms with van der Waals surface area (Å²) in [4.78, 5) is 22.4. The van der Waals surface area contributed by atoms with E-state index in [1.54, 1.807) is 0 Å². The Bertz CT molecular complexity index is 307. The van der Waals surface area contributed by atoms with Crippen LogP contribution in [0.15, 0.2) is 12.2 Å². The predicted molar refractivity (Wildman–Crippen MR) is 47.4 cm³/mol. The van der Waals surface area contributed by atoms with Crippen LogP contribution in [0.2, 0.25) is 0 Å². The number of fused-ring (bicyclic) bond motifs is 2. The van der Waals surface area contributed by atoms with Crippen molar-refractivity contribution in [2.75, 3.05) is 7.11 Å². The Labute approximate surface area is 81.6 Å². The van der Waals surface area contributed by atoms with E-state index < -0.39 is 23.8 Å². The van der Waals surface area contributed by atoms with Crippen LogP contribution in [-0.4, -0.2) is 24.2 Å². The standard InChI is InChI=1S/C10H12O4/c1-14-10(13)8-6-3-2-5(4-6)7(8)9(11)12/h2-3,5-8H,4H2,1H3,(H,11,12)/t5?,6?,7-,8+/m1/s1. The first-order chi connectivity index (χ1) is 6.65. The van der Waals surface area contributed by atoms with Gasteiger partial charge in [-0.25, -0.2) is 0 Å². The Balaban J connectivity index is 2.26. The summed E-state index contributed by atoms with van der Waals surface area (Å²) in [7, 11) is 1.30. The molecule has 0 saturated heterocycles. The maximum atomic E-state index is 11.4. The summed E-state index contributed by atoms with van der Waals surface area (Å²) < 4.78 is 4.63. The molecular weight excluding hydrogens is 184 g/mol. The molecule has 0 aromatic carbocycles. The van der Waals surface area contributed by atoms with Crippen LogP contribution in [0.4, 0.5) is 0 Å². The number of carboxylic acid groups (broad SMARTS) is 1. The van der Waals surface area contributed by atoms with Gasteiger partial charge in [0.1, 0.15) is 0 Å². The average molecular weight is 196 g/mol. The van der Waals surface area contributed by atoms with E-state index in [9.17, 15) is 9.59 Å². The highest BCUT2D eigenvalue weighted by Crippen LogP contribution is 2.48. The van der Waals surface area contributed by atoms with Gasteiger partial charge in [0.15, 0.2) is 0 Å². The molecular formula is C10H12O4. The van der Waals surface area contributed by atoms with Crippen LogP contribution in [0.25, 0.3) is 0 Å². The molecule has 1 fully saturated rings. The Kier molecular flexibility index (Phi) is 2.06. The number of esters is 1. The molecule has 2 aliphatic rings. The summed E-state index contributed by atoms with van der Waals surface area (Å²) in [6.45, 7) is 0. The van der Waals surface area contributed by atoms with Gasteiger partial charge in [0.2, 0.25) is 0 Å². The van der Waals surface area contributed by atoms with E-state index in [1.807, 2.05) is 12.2 Å². The number of allylic oxidation sites excluding steroid dienone is 2. The normalized spacial score (nSPS) is 38.6. The molecule has 0 aromatic rings. The molecule has 2 aliphatic carbocycles. The number of ether oxygens (including phenoxy) is 1. The minimum Gasteiger partial charge on any atom is -0.481 e. The van der Waals surface area contributed by atoms with Crippen LogP contribution in [0.3, 0.4) is 0 Å². The van der Waals surface area contributed by atoms with E-state index in [4.69, 9.17) is 5.11 Å². The fraction of sp³-hybridized carbons (Fsp3) is 0.600. The van der Waals surface area contributed by atoms with E-state index in [0.717, 1.165) is 6.42 Å². The molecule has 0 amide bonds. The van der Waals surface area contributed by atoms with Crippen molar-refractivity contribution < 1.29 is 19.4 Å². The first-order valence-electron chi connectivity index (χ1n) is 4.64. The largest absolute Gasteiger partial charge is 0.481 e. The Morgan fingerprint density at radius 3 is 2.36 bits per heavy atom. The number of carbonyl (C=O) groups is 2. The zero-order valence-corrected chi connectivity index (χ0v) is 7.84. The third-order valence-corrected chi connectivity index (χ3v) is 3.22. The number of rotatable bonds is 2. The highest BCUT2D eigenvalue weighted by atomic mass is 16.5. The van der Waals surface area contributed by atoms with E-state index in [0.29, 0.717) is 0 Å². The lowest BCUT2D eigenvalue weighted by molar-refractivity contribution is -0.156. The highest BCUT2D eigenvalue weighted by Gasteiger charge is 2.52. The lowest BCUT2D eigenvalue weighted by Crippen LogP contribution is -2.33. The van der Waals surface area contributed by atoms with Gasteiger partial charge >= 0.3 is 11.9 Å². The lowest BCUT2D eigenvalue weighted by Gasteiger charge is -2.21. The smallest absolute Gasteiger partial charge is 0.310 e. The monoisotopic (exact) mass is 196 g/mol. The van der Waals surface area contributed by atoms with Gasteiger partial charge in [-0.05, 0) is 18.3 Å². The van der Waals surface area contributed by atoms with Gasteiger partial charge in [-0.2, -0.15) is 0 Å². The van der Waals surface area contributed by atoms with Crippen molar-refractivity contribution in [2.45, 2.75) is 6.42 Å². The summed E-state index contributed by atoms with van der Waals surface area (Å²) in [6.07, 6.45) is 4.62. The van der Waals surface area contributed by atoms with Crippen molar-refractivity contribution in [1.82, 2.24) is 0 Å². The third-order valence-electron chi connectivity index (χ3n) is 3.22. The molecule has 0 spiro atoms. The fourth-order valence-electron chi connectivity index (χ4n) is 2.62. The number of methoxy groups -OCH3 is 1. The molecule has 0 radical (unpaired) electrons. The summed E-state index contributed by atoms with van der Waals surface area (Å²) >= 11 is 0. The van der Waals surface area contributed by atoms with Crippen molar-refractivity contribution in [3.05, 3.63) is 12.2 Å². The van der Waals surface area contributed by atoms with Gasteiger partial charge < -0.3 is 9.84 Å². The Hall–Kier alpha value is -1.32. The number of carbonyl (C=O) groups excluding carboxylic acids is 1. The van der Waals surface area contributed by atoms with Crippen molar-refractivity contribution in [3.8, 4) is 0 Å². The number of aliphatic carboxylic acids is 1. The molecule has 4 atom stereocenters. The molecule has 14 heavy (non-hydrogen) atoms. The second-order valence-electron chi connectivity index (χ2n) is 3.86. The summed E-state index contributed by atoms with van der Waals surface area (Å²) in [5.41, 5.74) is 0. The summed E-state index contributed by atoms with van der Waals surface area (Å²) in [5, 5.41) is 9.01.